The van der Waals surface area contributed by atoms with E-state index in [-0.39, 0.29) is 17.5 Å². The molecule has 3 N–H and O–H groups in total. The highest BCUT2D eigenvalue weighted by molar-refractivity contribution is 5.94. The number of H-pyrrole nitrogens is 1. The Labute approximate surface area is 105 Å². The molecule has 18 heavy (non-hydrogen) atoms. The minimum Gasteiger partial charge on any atom is -0.404 e. The van der Waals surface area contributed by atoms with Gasteiger partial charge in [-0.3, -0.25) is 9.59 Å². The maximum absolute atomic E-state index is 12.1. The Morgan fingerprint density at radius 3 is 2.67 bits per heavy atom. The normalized spacial score (nSPS) is 18.3. The van der Waals surface area contributed by atoms with Crippen LogP contribution in [0.25, 0.3) is 0 Å². The van der Waals surface area contributed by atoms with Crippen molar-refractivity contribution in [1.29, 1.82) is 0 Å². The number of imidazole rings is 1. The largest absolute Gasteiger partial charge is 0.404 e. The predicted molar refractivity (Wildman–Crippen MR) is 63.9 cm³/mol. The van der Waals surface area contributed by atoms with Crippen molar-refractivity contribution in [3.8, 4) is 5.88 Å². The number of ether oxygens (including phenoxy) is 1. The Balaban J connectivity index is 2.11. The molecule has 1 aromatic heterocycles. The summed E-state index contributed by atoms with van der Waals surface area (Å²) in [5, 5.41) is 0. The molecular weight excluding hydrogens is 234 g/mol. The molecule has 2 rings (SSSR count). The van der Waals surface area contributed by atoms with E-state index in [2.05, 4.69) is 9.97 Å². The lowest BCUT2D eigenvalue weighted by molar-refractivity contribution is -0.147. The zero-order valence-corrected chi connectivity index (χ0v) is 10.4. The predicted octanol–water partition coefficient (Wildman–Crippen LogP) is 1.38. The SMILES string of the molecule is CC1(C(=O)Oc2nc[nH]c2C(N)=O)CCCCC1. The van der Waals surface area contributed by atoms with Crippen LogP contribution in [0.1, 0.15) is 49.5 Å². The van der Waals surface area contributed by atoms with Gasteiger partial charge in [0.1, 0.15) is 0 Å². The van der Waals surface area contributed by atoms with Gasteiger partial charge >= 0.3 is 5.97 Å². The second-order valence-electron chi connectivity index (χ2n) is 4.96. The molecular formula is C12H17N3O3. The van der Waals surface area contributed by atoms with Gasteiger partial charge in [0.15, 0.2) is 5.69 Å². The van der Waals surface area contributed by atoms with E-state index in [1.807, 2.05) is 6.92 Å². The number of aromatic nitrogens is 2. The lowest BCUT2D eigenvalue weighted by atomic mass is 9.76. The van der Waals surface area contributed by atoms with Gasteiger partial charge in [-0.15, -0.1) is 0 Å². The van der Waals surface area contributed by atoms with Crippen molar-refractivity contribution in [2.45, 2.75) is 39.0 Å². The van der Waals surface area contributed by atoms with E-state index in [1.165, 1.54) is 6.33 Å². The Morgan fingerprint density at radius 2 is 2.06 bits per heavy atom. The zero-order valence-electron chi connectivity index (χ0n) is 10.4. The Hall–Kier alpha value is -1.85. The maximum atomic E-state index is 12.1. The molecule has 1 fully saturated rings. The van der Waals surface area contributed by atoms with Crippen LogP contribution in [0.15, 0.2) is 6.33 Å². The molecule has 1 saturated carbocycles. The van der Waals surface area contributed by atoms with Gasteiger partial charge in [0.25, 0.3) is 11.8 Å². The molecule has 0 aromatic carbocycles. The minimum atomic E-state index is -0.691. The van der Waals surface area contributed by atoms with Crippen LogP contribution in [0, 0.1) is 5.41 Å². The topological polar surface area (TPSA) is 98.1 Å². The summed E-state index contributed by atoms with van der Waals surface area (Å²) in [5.41, 5.74) is 4.69. The molecule has 1 heterocycles. The highest BCUT2D eigenvalue weighted by Crippen LogP contribution is 2.37. The summed E-state index contributed by atoms with van der Waals surface area (Å²) in [5.74, 6) is -1.06. The first-order valence-electron chi connectivity index (χ1n) is 6.08. The third-order valence-corrected chi connectivity index (χ3v) is 3.49. The van der Waals surface area contributed by atoms with Gasteiger partial charge in [-0.1, -0.05) is 19.3 Å². The first-order chi connectivity index (χ1) is 8.53. The monoisotopic (exact) mass is 251 g/mol. The van der Waals surface area contributed by atoms with Crippen LogP contribution in [-0.2, 0) is 4.79 Å². The van der Waals surface area contributed by atoms with Crippen molar-refractivity contribution in [3.63, 3.8) is 0 Å². The summed E-state index contributed by atoms with van der Waals surface area (Å²) in [7, 11) is 0. The molecule has 1 aliphatic rings. The van der Waals surface area contributed by atoms with Crippen molar-refractivity contribution in [2.75, 3.05) is 0 Å². The van der Waals surface area contributed by atoms with E-state index in [4.69, 9.17) is 10.5 Å². The Morgan fingerprint density at radius 1 is 1.39 bits per heavy atom. The van der Waals surface area contributed by atoms with Crippen molar-refractivity contribution in [3.05, 3.63) is 12.0 Å². The van der Waals surface area contributed by atoms with Crippen molar-refractivity contribution >= 4 is 11.9 Å². The first kappa shape index (κ1) is 12.6. The van der Waals surface area contributed by atoms with E-state index < -0.39 is 11.3 Å². The van der Waals surface area contributed by atoms with Crippen LogP contribution in [0.2, 0.25) is 0 Å². The number of hydrogen-bond acceptors (Lipinski definition) is 4. The number of nitrogens with one attached hydrogen (secondary N) is 1. The number of esters is 1. The number of aromatic amines is 1. The highest BCUT2D eigenvalue weighted by atomic mass is 16.5. The van der Waals surface area contributed by atoms with E-state index in [1.54, 1.807) is 0 Å². The molecule has 0 radical (unpaired) electrons. The fraction of sp³-hybridized carbons (Fsp3) is 0.583. The number of nitrogens with two attached hydrogens (primary N) is 1. The molecule has 1 aliphatic carbocycles. The van der Waals surface area contributed by atoms with Crippen LogP contribution in [-0.4, -0.2) is 21.8 Å². The van der Waals surface area contributed by atoms with E-state index in [9.17, 15) is 9.59 Å². The highest BCUT2D eigenvalue weighted by Gasteiger charge is 2.37. The Bertz CT molecular complexity index is 461. The van der Waals surface area contributed by atoms with E-state index in [0.717, 1.165) is 32.1 Å². The summed E-state index contributed by atoms with van der Waals surface area (Å²) in [6.45, 7) is 1.89. The van der Waals surface area contributed by atoms with E-state index in [0.29, 0.717) is 0 Å². The number of amides is 1. The lowest BCUT2D eigenvalue weighted by Gasteiger charge is -2.30. The third-order valence-electron chi connectivity index (χ3n) is 3.49. The quantitative estimate of drug-likeness (QED) is 0.793. The number of rotatable bonds is 3. The fourth-order valence-corrected chi connectivity index (χ4v) is 2.28. The van der Waals surface area contributed by atoms with Crippen molar-refractivity contribution in [1.82, 2.24) is 9.97 Å². The van der Waals surface area contributed by atoms with Crippen molar-refractivity contribution in [2.24, 2.45) is 11.1 Å². The molecule has 0 spiro atoms. The first-order valence-corrected chi connectivity index (χ1v) is 6.08. The summed E-state index contributed by atoms with van der Waals surface area (Å²) in [4.78, 5) is 29.6. The fourth-order valence-electron chi connectivity index (χ4n) is 2.28. The van der Waals surface area contributed by atoms with Crippen LogP contribution < -0.4 is 10.5 Å². The summed E-state index contributed by atoms with van der Waals surface area (Å²) >= 11 is 0. The second-order valence-corrected chi connectivity index (χ2v) is 4.96. The maximum Gasteiger partial charge on any atom is 0.318 e. The van der Waals surface area contributed by atoms with Crippen LogP contribution >= 0.6 is 0 Å². The average Bonchev–Trinajstić information content (AvgIpc) is 2.78. The average molecular weight is 251 g/mol. The minimum absolute atomic E-state index is 0.0284. The standard InChI is InChI=1S/C12H17N3O3/c1-12(5-3-2-4-6-12)11(17)18-10-8(9(13)16)14-7-15-10/h7H,2-6H2,1H3,(H2,13,16)(H,14,15). The smallest absolute Gasteiger partial charge is 0.318 e. The van der Waals surface area contributed by atoms with Gasteiger partial charge in [-0.05, 0) is 19.8 Å². The van der Waals surface area contributed by atoms with E-state index >= 15 is 0 Å². The summed E-state index contributed by atoms with van der Waals surface area (Å²) in [6, 6.07) is 0. The zero-order chi connectivity index (χ0) is 13.2. The molecule has 0 bridgehead atoms. The number of carbonyl (C=O) groups is 2. The molecule has 0 atom stereocenters. The molecule has 98 valence electrons. The molecule has 1 amide bonds. The van der Waals surface area contributed by atoms with Gasteiger partial charge in [0, 0.05) is 0 Å². The van der Waals surface area contributed by atoms with Crippen LogP contribution in [0.4, 0.5) is 0 Å². The van der Waals surface area contributed by atoms with Gasteiger partial charge in [-0.2, -0.15) is 0 Å². The Kier molecular flexibility index (Phi) is 3.36. The number of carbonyl (C=O) groups excluding carboxylic acids is 2. The number of nitrogens with zero attached hydrogens (tertiary/aromatic N) is 1. The lowest BCUT2D eigenvalue weighted by Crippen LogP contribution is -2.34. The van der Waals surface area contributed by atoms with Gasteiger partial charge in [-0.25, -0.2) is 4.98 Å². The molecule has 1 aromatic rings. The number of primary amides is 1. The summed E-state index contributed by atoms with van der Waals surface area (Å²) in [6.07, 6.45) is 6.09. The molecule has 0 unspecified atom stereocenters. The molecule has 6 nitrogen and oxygen atoms in total. The van der Waals surface area contributed by atoms with Gasteiger partial charge in [0.05, 0.1) is 11.7 Å². The third kappa shape index (κ3) is 2.37. The van der Waals surface area contributed by atoms with Gasteiger partial charge < -0.3 is 15.5 Å². The van der Waals surface area contributed by atoms with Crippen LogP contribution in [0.5, 0.6) is 5.88 Å². The summed E-state index contributed by atoms with van der Waals surface area (Å²) < 4.78 is 5.21. The molecule has 0 saturated heterocycles. The van der Waals surface area contributed by atoms with Crippen molar-refractivity contribution < 1.29 is 14.3 Å². The van der Waals surface area contributed by atoms with Gasteiger partial charge in [0.2, 0.25) is 0 Å². The molecule has 6 heteroatoms. The number of hydrogen-bond donors (Lipinski definition) is 2. The second kappa shape index (κ2) is 4.80. The van der Waals surface area contributed by atoms with Crippen LogP contribution in [0.3, 0.4) is 0 Å². The molecule has 0 aliphatic heterocycles.